The van der Waals surface area contributed by atoms with E-state index in [1.54, 1.807) is 24.3 Å². The fourth-order valence-corrected chi connectivity index (χ4v) is 4.07. The molecular formula is C32H32N2O4. The van der Waals surface area contributed by atoms with Gasteiger partial charge < -0.3 is 20.1 Å². The molecule has 0 heterocycles. The van der Waals surface area contributed by atoms with E-state index in [1.807, 2.05) is 66.7 Å². The SMILES string of the molecule is COC(=O)[C@H](Cc1ccc(OCCNc2ccc(C)cc2)cc1)Nc1ccccc1C(=O)c1ccccc1. The maximum absolute atomic E-state index is 13.1. The van der Waals surface area contributed by atoms with Crippen molar-refractivity contribution in [2.75, 3.05) is 30.9 Å². The second-order valence-electron chi connectivity index (χ2n) is 8.95. The molecule has 6 nitrogen and oxygen atoms in total. The van der Waals surface area contributed by atoms with Crippen LogP contribution in [0.1, 0.15) is 27.0 Å². The largest absolute Gasteiger partial charge is 0.492 e. The topological polar surface area (TPSA) is 76.7 Å². The lowest BCUT2D eigenvalue weighted by Gasteiger charge is -2.20. The molecule has 0 saturated carbocycles. The minimum atomic E-state index is -0.671. The van der Waals surface area contributed by atoms with Gasteiger partial charge in [0.2, 0.25) is 0 Å². The highest BCUT2D eigenvalue weighted by Crippen LogP contribution is 2.22. The Labute approximate surface area is 223 Å². The van der Waals surface area contributed by atoms with Crippen LogP contribution in [0.5, 0.6) is 5.75 Å². The van der Waals surface area contributed by atoms with Crippen molar-refractivity contribution in [1.29, 1.82) is 0 Å². The lowest BCUT2D eigenvalue weighted by molar-refractivity contribution is -0.141. The van der Waals surface area contributed by atoms with Crippen molar-refractivity contribution in [3.05, 3.63) is 125 Å². The summed E-state index contributed by atoms with van der Waals surface area (Å²) in [6, 6.07) is 31.5. The fourth-order valence-electron chi connectivity index (χ4n) is 4.07. The van der Waals surface area contributed by atoms with Gasteiger partial charge in [-0.15, -0.1) is 0 Å². The molecular weight excluding hydrogens is 476 g/mol. The molecule has 4 rings (SSSR count). The monoisotopic (exact) mass is 508 g/mol. The number of carbonyl (C=O) groups is 2. The summed E-state index contributed by atoms with van der Waals surface area (Å²) in [5.41, 5.74) is 4.88. The molecule has 0 spiro atoms. The van der Waals surface area contributed by atoms with Gasteiger partial charge in [0.25, 0.3) is 0 Å². The number of esters is 1. The predicted octanol–water partition coefficient (Wildman–Crippen LogP) is 5.91. The summed E-state index contributed by atoms with van der Waals surface area (Å²) in [4.78, 5) is 25.8. The first kappa shape index (κ1) is 26.5. The number of benzene rings is 4. The number of rotatable bonds is 12. The molecule has 6 heteroatoms. The Kier molecular flexibility index (Phi) is 9.13. The van der Waals surface area contributed by atoms with Gasteiger partial charge in [0, 0.05) is 35.5 Å². The van der Waals surface area contributed by atoms with Crippen molar-refractivity contribution in [2.45, 2.75) is 19.4 Å². The average molecular weight is 509 g/mol. The van der Waals surface area contributed by atoms with Crippen LogP contribution in [0.15, 0.2) is 103 Å². The zero-order valence-electron chi connectivity index (χ0n) is 21.6. The summed E-state index contributed by atoms with van der Waals surface area (Å²) >= 11 is 0. The third kappa shape index (κ3) is 7.23. The van der Waals surface area contributed by atoms with E-state index < -0.39 is 12.0 Å². The van der Waals surface area contributed by atoms with E-state index in [9.17, 15) is 9.59 Å². The summed E-state index contributed by atoms with van der Waals surface area (Å²) in [5, 5.41) is 6.57. The van der Waals surface area contributed by atoms with Crippen molar-refractivity contribution >= 4 is 23.1 Å². The molecule has 0 bridgehead atoms. The van der Waals surface area contributed by atoms with E-state index in [4.69, 9.17) is 9.47 Å². The number of para-hydroxylation sites is 1. The Hall–Kier alpha value is -4.58. The number of hydrogen-bond acceptors (Lipinski definition) is 6. The summed E-state index contributed by atoms with van der Waals surface area (Å²) in [6.07, 6.45) is 0.385. The third-order valence-electron chi connectivity index (χ3n) is 6.14. The first-order chi connectivity index (χ1) is 18.5. The second-order valence-corrected chi connectivity index (χ2v) is 8.95. The molecule has 0 amide bonds. The van der Waals surface area contributed by atoms with Crippen molar-refractivity contribution in [2.24, 2.45) is 0 Å². The van der Waals surface area contributed by atoms with E-state index in [2.05, 4.69) is 29.7 Å². The first-order valence-electron chi connectivity index (χ1n) is 12.6. The highest BCUT2D eigenvalue weighted by atomic mass is 16.5. The number of nitrogens with one attached hydrogen (secondary N) is 2. The minimum absolute atomic E-state index is 0.115. The molecule has 4 aromatic carbocycles. The van der Waals surface area contributed by atoms with E-state index in [-0.39, 0.29) is 5.78 Å². The van der Waals surface area contributed by atoms with Crippen LogP contribution in [0.25, 0.3) is 0 Å². The molecule has 0 fully saturated rings. The zero-order chi connectivity index (χ0) is 26.7. The average Bonchev–Trinajstić information content (AvgIpc) is 2.96. The summed E-state index contributed by atoms with van der Waals surface area (Å²) in [5.74, 6) is 0.228. The van der Waals surface area contributed by atoms with Gasteiger partial charge in [0.05, 0.1) is 7.11 Å². The number of ketones is 1. The Morgan fingerprint density at radius 1 is 0.816 bits per heavy atom. The molecule has 38 heavy (non-hydrogen) atoms. The molecule has 0 aliphatic carbocycles. The van der Waals surface area contributed by atoms with Crippen molar-refractivity contribution in [1.82, 2.24) is 0 Å². The number of hydrogen-bond donors (Lipinski definition) is 2. The first-order valence-corrected chi connectivity index (χ1v) is 12.6. The van der Waals surface area contributed by atoms with Gasteiger partial charge >= 0.3 is 5.97 Å². The molecule has 0 saturated heterocycles. The van der Waals surface area contributed by atoms with Gasteiger partial charge in [0.15, 0.2) is 5.78 Å². The quantitative estimate of drug-likeness (QED) is 0.141. The smallest absolute Gasteiger partial charge is 0.328 e. The van der Waals surface area contributed by atoms with E-state index in [0.29, 0.717) is 36.4 Å². The van der Waals surface area contributed by atoms with Crippen LogP contribution >= 0.6 is 0 Å². The van der Waals surface area contributed by atoms with E-state index in [0.717, 1.165) is 17.0 Å². The zero-order valence-corrected chi connectivity index (χ0v) is 21.6. The molecule has 1 atom stereocenters. The van der Waals surface area contributed by atoms with Crippen LogP contribution in [0, 0.1) is 6.92 Å². The molecule has 4 aromatic rings. The standard InChI is InChI=1S/C32H32N2O4/c1-23-12-16-26(17-13-23)33-20-21-38-27-18-14-24(15-19-27)22-30(32(36)37-2)34-29-11-7-6-10-28(29)31(35)25-8-4-3-5-9-25/h3-19,30,33-34H,20-22H2,1-2H3/t30-/m0/s1. The normalized spacial score (nSPS) is 11.3. The van der Waals surface area contributed by atoms with E-state index in [1.165, 1.54) is 12.7 Å². The van der Waals surface area contributed by atoms with Crippen LogP contribution in [-0.4, -0.2) is 38.1 Å². The summed E-state index contributed by atoms with van der Waals surface area (Å²) in [6.45, 7) is 3.26. The maximum atomic E-state index is 13.1. The van der Waals surface area contributed by atoms with Gasteiger partial charge in [-0.25, -0.2) is 4.79 Å². The number of carbonyl (C=O) groups excluding carboxylic acids is 2. The molecule has 0 radical (unpaired) electrons. The van der Waals surface area contributed by atoms with Crippen molar-refractivity contribution in [3.63, 3.8) is 0 Å². The molecule has 0 aromatic heterocycles. The van der Waals surface area contributed by atoms with Gasteiger partial charge in [0.1, 0.15) is 18.4 Å². The van der Waals surface area contributed by atoms with Crippen LogP contribution in [0.3, 0.4) is 0 Å². The van der Waals surface area contributed by atoms with Crippen LogP contribution < -0.4 is 15.4 Å². The third-order valence-corrected chi connectivity index (χ3v) is 6.14. The van der Waals surface area contributed by atoms with Gasteiger partial charge in [-0.05, 0) is 48.9 Å². The molecule has 2 N–H and O–H groups in total. The second kappa shape index (κ2) is 13.1. The van der Waals surface area contributed by atoms with Crippen molar-refractivity contribution < 1.29 is 19.1 Å². The lowest BCUT2D eigenvalue weighted by atomic mass is 10.00. The molecule has 0 unspecified atom stereocenters. The number of aryl methyl sites for hydroxylation is 1. The number of methoxy groups -OCH3 is 1. The fraction of sp³-hybridized carbons (Fsp3) is 0.188. The Balaban J connectivity index is 1.37. The summed E-state index contributed by atoms with van der Waals surface area (Å²) in [7, 11) is 1.36. The maximum Gasteiger partial charge on any atom is 0.328 e. The molecule has 0 aliphatic rings. The minimum Gasteiger partial charge on any atom is -0.492 e. The lowest BCUT2D eigenvalue weighted by Crippen LogP contribution is -2.33. The van der Waals surface area contributed by atoms with E-state index >= 15 is 0 Å². The van der Waals surface area contributed by atoms with Crippen LogP contribution in [0.2, 0.25) is 0 Å². The van der Waals surface area contributed by atoms with Gasteiger partial charge in [-0.1, -0.05) is 72.3 Å². The number of ether oxygens (including phenoxy) is 2. The highest BCUT2D eigenvalue weighted by molar-refractivity contribution is 6.12. The Bertz CT molecular complexity index is 1340. The molecule has 194 valence electrons. The predicted molar refractivity (Wildman–Crippen MR) is 151 cm³/mol. The highest BCUT2D eigenvalue weighted by Gasteiger charge is 2.22. The van der Waals surface area contributed by atoms with Gasteiger partial charge in [-0.3, -0.25) is 4.79 Å². The van der Waals surface area contributed by atoms with Crippen LogP contribution in [-0.2, 0) is 16.0 Å². The Morgan fingerprint density at radius 2 is 1.50 bits per heavy atom. The van der Waals surface area contributed by atoms with Crippen LogP contribution in [0.4, 0.5) is 11.4 Å². The molecule has 0 aliphatic heterocycles. The van der Waals surface area contributed by atoms with Crippen molar-refractivity contribution in [3.8, 4) is 5.75 Å². The summed E-state index contributed by atoms with van der Waals surface area (Å²) < 4.78 is 10.9. The van der Waals surface area contributed by atoms with Gasteiger partial charge in [-0.2, -0.15) is 0 Å². The number of anilines is 2. The Morgan fingerprint density at radius 3 is 2.21 bits per heavy atom.